The molecular weight excluding hydrogens is 351 g/mol. The van der Waals surface area contributed by atoms with E-state index in [1.807, 2.05) is 18.2 Å². The molecule has 3 rings (SSSR count). The Balaban J connectivity index is 0.000000228. The number of benzene rings is 2. The molecule has 1 unspecified atom stereocenters. The number of nitrogens with two attached hydrogens (primary N) is 1. The van der Waals surface area contributed by atoms with Gasteiger partial charge >= 0.3 is 0 Å². The Bertz CT molecular complexity index is 662. The number of hydrogen-bond acceptors (Lipinski definition) is 3. The summed E-state index contributed by atoms with van der Waals surface area (Å²) < 4.78 is 17.0. The smallest absolute Gasteiger partial charge is 0.126 e. The van der Waals surface area contributed by atoms with Crippen molar-refractivity contribution < 1.29 is 9.13 Å². The van der Waals surface area contributed by atoms with Gasteiger partial charge in [0.25, 0.3) is 0 Å². The highest BCUT2D eigenvalue weighted by Crippen LogP contribution is 2.14. The summed E-state index contributed by atoms with van der Waals surface area (Å²) in [7, 11) is 1.51. The summed E-state index contributed by atoms with van der Waals surface area (Å²) in [4.78, 5) is 2.51. The standard InChI is InChI=1S/C14H21ClN2.C7H7FO/c15-13-5-3-4-12(10-13)11-14(16)6-9-17-7-1-2-8-17;1-9-7-4-2-3-6(8)5-7/h3-5,10,14H,1-2,6-9,11,16H2;2-5H,1H3. The van der Waals surface area contributed by atoms with E-state index in [0.29, 0.717) is 5.75 Å². The van der Waals surface area contributed by atoms with Gasteiger partial charge in [0.05, 0.1) is 7.11 Å². The zero-order valence-electron chi connectivity index (χ0n) is 15.3. The molecule has 0 spiro atoms. The predicted octanol–water partition coefficient (Wildman–Crippen LogP) is 4.53. The van der Waals surface area contributed by atoms with Gasteiger partial charge in [-0.3, -0.25) is 0 Å². The molecule has 1 aliphatic rings. The summed E-state index contributed by atoms with van der Waals surface area (Å²) in [5, 5.41) is 0.800. The topological polar surface area (TPSA) is 38.5 Å². The molecule has 1 fully saturated rings. The molecule has 0 amide bonds. The van der Waals surface area contributed by atoms with Gasteiger partial charge in [-0.25, -0.2) is 4.39 Å². The molecule has 142 valence electrons. The number of hydrogen-bond donors (Lipinski definition) is 1. The molecule has 1 atom stereocenters. The van der Waals surface area contributed by atoms with Crippen molar-refractivity contribution in [3.05, 3.63) is 64.9 Å². The van der Waals surface area contributed by atoms with Gasteiger partial charge in [-0.15, -0.1) is 0 Å². The van der Waals surface area contributed by atoms with Crippen molar-refractivity contribution in [3.8, 4) is 5.75 Å². The minimum atomic E-state index is -0.269. The third-order valence-electron chi connectivity index (χ3n) is 4.43. The van der Waals surface area contributed by atoms with Crippen LogP contribution < -0.4 is 10.5 Å². The van der Waals surface area contributed by atoms with Gasteiger partial charge in [-0.05, 0) is 75.1 Å². The molecule has 26 heavy (non-hydrogen) atoms. The first-order valence-electron chi connectivity index (χ1n) is 9.09. The molecule has 2 aromatic rings. The number of methoxy groups -OCH3 is 1. The van der Waals surface area contributed by atoms with Gasteiger partial charge in [0, 0.05) is 17.1 Å². The largest absolute Gasteiger partial charge is 0.497 e. The number of halogens is 2. The van der Waals surface area contributed by atoms with E-state index in [4.69, 9.17) is 22.1 Å². The minimum absolute atomic E-state index is 0.245. The summed E-state index contributed by atoms with van der Waals surface area (Å²) in [5.41, 5.74) is 7.41. The average molecular weight is 379 g/mol. The van der Waals surface area contributed by atoms with E-state index in [2.05, 4.69) is 11.0 Å². The summed E-state index contributed by atoms with van der Waals surface area (Å²) >= 11 is 5.96. The van der Waals surface area contributed by atoms with Crippen LogP contribution in [0.1, 0.15) is 24.8 Å². The fraction of sp³-hybridized carbons (Fsp3) is 0.429. The highest BCUT2D eigenvalue weighted by atomic mass is 35.5. The number of nitrogens with zero attached hydrogens (tertiary/aromatic N) is 1. The summed E-state index contributed by atoms with van der Waals surface area (Å²) in [6.07, 6.45) is 4.70. The van der Waals surface area contributed by atoms with Crippen molar-refractivity contribution in [1.82, 2.24) is 4.90 Å². The van der Waals surface area contributed by atoms with Crippen LogP contribution in [0.3, 0.4) is 0 Å². The summed E-state index contributed by atoms with van der Waals surface area (Å²) in [6.45, 7) is 3.65. The van der Waals surface area contributed by atoms with Crippen LogP contribution in [0.2, 0.25) is 5.02 Å². The highest BCUT2D eigenvalue weighted by Gasteiger charge is 2.13. The second-order valence-corrected chi connectivity index (χ2v) is 7.03. The first kappa shape index (κ1) is 20.7. The number of likely N-dealkylation sites (tertiary alicyclic amines) is 1. The molecule has 1 aliphatic heterocycles. The summed E-state index contributed by atoms with van der Waals surface area (Å²) in [5.74, 6) is 0.282. The van der Waals surface area contributed by atoms with Gasteiger partial charge in [-0.1, -0.05) is 29.8 Å². The molecule has 0 aromatic heterocycles. The van der Waals surface area contributed by atoms with Gasteiger partial charge < -0.3 is 15.4 Å². The van der Waals surface area contributed by atoms with Crippen LogP contribution in [-0.4, -0.2) is 37.7 Å². The maximum Gasteiger partial charge on any atom is 0.126 e. The average Bonchev–Trinajstić information content (AvgIpc) is 3.14. The van der Waals surface area contributed by atoms with Gasteiger partial charge in [0.2, 0.25) is 0 Å². The van der Waals surface area contributed by atoms with Crippen molar-refractivity contribution in [2.75, 3.05) is 26.7 Å². The van der Waals surface area contributed by atoms with Crippen LogP contribution in [0, 0.1) is 5.82 Å². The molecule has 5 heteroatoms. The fourth-order valence-electron chi connectivity index (χ4n) is 3.02. The monoisotopic (exact) mass is 378 g/mol. The van der Waals surface area contributed by atoms with Crippen molar-refractivity contribution in [1.29, 1.82) is 0 Å². The molecule has 0 bridgehead atoms. The van der Waals surface area contributed by atoms with Gasteiger partial charge in [0.1, 0.15) is 11.6 Å². The molecule has 1 saturated heterocycles. The Morgan fingerprint density at radius 1 is 1.15 bits per heavy atom. The van der Waals surface area contributed by atoms with Crippen molar-refractivity contribution in [2.24, 2.45) is 5.73 Å². The lowest BCUT2D eigenvalue weighted by atomic mass is 10.0. The van der Waals surface area contributed by atoms with E-state index in [-0.39, 0.29) is 11.9 Å². The third-order valence-corrected chi connectivity index (χ3v) is 4.67. The quantitative estimate of drug-likeness (QED) is 0.802. The Morgan fingerprint density at radius 3 is 2.50 bits per heavy atom. The van der Waals surface area contributed by atoms with Crippen molar-refractivity contribution >= 4 is 11.6 Å². The summed E-state index contributed by atoms with van der Waals surface area (Å²) in [6, 6.07) is 14.3. The second kappa shape index (κ2) is 11.2. The lowest BCUT2D eigenvalue weighted by Gasteiger charge is -2.18. The van der Waals surface area contributed by atoms with Crippen LogP contribution >= 0.6 is 11.6 Å². The SMILES string of the molecule is COc1cccc(F)c1.NC(CCN1CCCC1)Cc1cccc(Cl)c1. The first-order chi connectivity index (χ1) is 12.6. The Kier molecular flexibility index (Phi) is 8.89. The second-order valence-electron chi connectivity index (χ2n) is 6.59. The van der Waals surface area contributed by atoms with Crippen LogP contribution in [0.5, 0.6) is 5.75 Å². The molecule has 0 radical (unpaired) electrons. The molecular formula is C21H28ClFN2O. The Hall–Kier alpha value is -1.62. The molecule has 3 nitrogen and oxygen atoms in total. The maximum atomic E-state index is 12.3. The normalized spacial score (nSPS) is 15.2. The molecule has 0 saturated carbocycles. The van der Waals surface area contributed by atoms with Gasteiger partial charge in [0.15, 0.2) is 0 Å². The molecule has 2 N–H and O–H groups in total. The highest BCUT2D eigenvalue weighted by molar-refractivity contribution is 6.30. The number of ether oxygens (including phenoxy) is 1. The van der Waals surface area contributed by atoms with Gasteiger partial charge in [-0.2, -0.15) is 0 Å². The van der Waals surface area contributed by atoms with E-state index < -0.39 is 0 Å². The minimum Gasteiger partial charge on any atom is -0.497 e. The zero-order valence-corrected chi connectivity index (χ0v) is 16.1. The van der Waals surface area contributed by atoms with Crippen LogP contribution in [0.15, 0.2) is 48.5 Å². The third kappa shape index (κ3) is 7.73. The zero-order chi connectivity index (χ0) is 18.8. The molecule has 0 aliphatic carbocycles. The van der Waals surface area contributed by atoms with Crippen LogP contribution in [0.25, 0.3) is 0 Å². The lowest BCUT2D eigenvalue weighted by Crippen LogP contribution is -2.30. The predicted molar refractivity (Wildman–Crippen MR) is 106 cm³/mol. The van der Waals surface area contributed by atoms with E-state index in [1.54, 1.807) is 12.1 Å². The van der Waals surface area contributed by atoms with Crippen molar-refractivity contribution in [2.45, 2.75) is 31.7 Å². The number of rotatable bonds is 6. The Morgan fingerprint density at radius 2 is 1.88 bits per heavy atom. The lowest BCUT2D eigenvalue weighted by molar-refractivity contribution is 0.321. The van der Waals surface area contributed by atoms with E-state index >= 15 is 0 Å². The van der Waals surface area contributed by atoms with Crippen LogP contribution in [-0.2, 0) is 6.42 Å². The van der Waals surface area contributed by atoms with E-state index in [1.165, 1.54) is 50.7 Å². The van der Waals surface area contributed by atoms with E-state index in [9.17, 15) is 4.39 Å². The molecule has 1 heterocycles. The van der Waals surface area contributed by atoms with E-state index in [0.717, 1.165) is 24.4 Å². The molecule has 2 aromatic carbocycles. The maximum absolute atomic E-state index is 12.3. The Labute approximate surface area is 160 Å². The van der Waals surface area contributed by atoms with Crippen molar-refractivity contribution in [3.63, 3.8) is 0 Å². The first-order valence-corrected chi connectivity index (χ1v) is 9.46. The van der Waals surface area contributed by atoms with Crippen LogP contribution in [0.4, 0.5) is 4.39 Å². The fourth-order valence-corrected chi connectivity index (χ4v) is 3.23.